The predicted octanol–water partition coefficient (Wildman–Crippen LogP) is 2.81. The minimum Gasteiger partial charge on any atom is -0.348 e. The van der Waals surface area contributed by atoms with Crippen LogP contribution in [0.3, 0.4) is 0 Å². The van der Waals surface area contributed by atoms with Crippen molar-refractivity contribution in [2.45, 2.75) is 26.3 Å². The number of rotatable bonds is 4. The maximum Gasteiger partial charge on any atom is 0.224 e. The van der Waals surface area contributed by atoms with Crippen molar-refractivity contribution >= 4 is 5.91 Å². The molecule has 1 amide bonds. The van der Waals surface area contributed by atoms with Crippen LogP contribution in [-0.4, -0.2) is 10.9 Å². The first kappa shape index (κ1) is 13.3. The molecule has 0 bridgehead atoms. The Labute approximate surface area is 113 Å². The van der Waals surface area contributed by atoms with E-state index in [9.17, 15) is 4.79 Å². The van der Waals surface area contributed by atoms with Gasteiger partial charge in [-0.3, -0.25) is 9.78 Å². The molecular formula is C16H18N2O. The molecule has 0 radical (unpaired) electrons. The fraction of sp³-hybridized carbons (Fsp3) is 0.250. The van der Waals surface area contributed by atoms with Crippen LogP contribution in [0, 0.1) is 6.92 Å². The Morgan fingerprint density at radius 1 is 1.21 bits per heavy atom. The number of nitrogens with one attached hydrogen (secondary N) is 1. The summed E-state index contributed by atoms with van der Waals surface area (Å²) in [7, 11) is 0. The van der Waals surface area contributed by atoms with Gasteiger partial charge in [0.2, 0.25) is 5.91 Å². The molecule has 0 spiro atoms. The highest BCUT2D eigenvalue weighted by molar-refractivity contribution is 5.79. The maximum atomic E-state index is 12.0. The highest BCUT2D eigenvalue weighted by Crippen LogP contribution is 2.10. The van der Waals surface area contributed by atoms with Gasteiger partial charge < -0.3 is 5.32 Å². The maximum absolute atomic E-state index is 12.0. The smallest absolute Gasteiger partial charge is 0.224 e. The molecule has 0 saturated carbocycles. The summed E-state index contributed by atoms with van der Waals surface area (Å²) < 4.78 is 0. The van der Waals surface area contributed by atoms with E-state index in [1.807, 2.05) is 56.3 Å². The molecule has 0 aliphatic rings. The monoisotopic (exact) mass is 254 g/mol. The van der Waals surface area contributed by atoms with Crippen molar-refractivity contribution < 1.29 is 4.79 Å². The van der Waals surface area contributed by atoms with Gasteiger partial charge in [0.15, 0.2) is 0 Å². The first-order chi connectivity index (χ1) is 9.16. The molecule has 0 aliphatic heterocycles. The van der Waals surface area contributed by atoms with Crippen LogP contribution < -0.4 is 5.32 Å². The number of aryl methyl sites for hydroxylation is 1. The van der Waals surface area contributed by atoms with Crippen LogP contribution in [-0.2, 0) is 11.2 Å². The fourth-order valence-corrected chi connectivity index (χ4v) is 1.98. The second-order valence-electron chi connectivity index (χ2n) is 4.65. The second-order valence-corrected chi connectivity index (χ2v) is 4.65. The van der Waals surface area contributed by atoms with Gasteiger partial charge in [0.25, 0.3) is 0 Å². The number of benzene rings is 1. The topological polar surface area (TPSA) is 42.0 Å². The molecule has 1 heterocycles. The molecule has 2 aromatic rings. The van der Waals surface area contributed by atoms with Crippen LogP contribution in [0.1, 0.15) is 29.8 Å². The van der Waals surface area contributed by atoms with Gasteiger partial charge in [0, 0.05) is 6.20 Å². The van der Waals surface area contributed by atoms with Crippen LogP contribution in [0.4, 0.5) is 0 Å². The average molecular weight is 254 g/mol. The highest BCUT2D eigenvalue weighted by atomic mass is 16.1. The summed E-state index contributed by atoms with van der Waals surface area (Å²) in [4.78, 5) is 16.3. The zero-order chi connectivity index (χ0) is 13.7. The molecule has 0 saturated heterocycles. The number of hydrogen-bond acceptors (Lipinski definition) is 2. The van der Waals surface area contributed by atoms with E-state index >= 15 is 0 Å². The molecule has 1 unspecified atom stereocenters. The Kier molecular flexibility index (Phi) is 4.29. The molecule has 19 heavy (non-hydrogen) atoms. The van der Waals surface area contributed by atoms with Gasteiger partial charge in [-0.1, -0.05) is 30.3 Å². The van der Waals surface area contributed by atoms with Crippen molar-refractivity contribution in [2.24, 2.45) is 0 Å². The van der Waals surface area contributed by atoms with Crippen LogP contribution >= 0.6 is 0 Å². The number of nitrogens with zero attached hydrogens (tertiary/aromatic N) is 1. The summed E-state index contributed by atoms with van der Waals surface area (Å²) in [5.41, 5.74) is 3.08. The third-order valence-corrected chi connectivity index (χ3v) is 3.12. The molecule has 1 aromatic heterocycles. The quantitative estimate of drug-likeness (QED) is 0.911. The summed E-state index contributed by atoms with van der Waals surface area (Å²) in [5, 5.41) is 2.97. The molecule has 1 aromatic carbocycles. The minimum absolute atomic E-state index is 0.0208. The van der Waals surface area contributed by atoms with Gasteiger partial charge in [-0.15, -0.1) is 0 Å². The minimum atomic E-state index is -0.0716. The van der Waals surface area contributed by atoms with E-state index in [2.05, 4.69) is 10.3 Å². The van der Waals surface area contributed by atoms with Gasteiger partial charge in [-0.25, -0.2) is 0 Å². The Hall–Kier alpha value is -2.16. The fourth-order valence-electron chi connectivity index (χ4n) is 1.98. The van der Waals surface area contributed by atoms with Crippen molar-refractivity contribution in [1.82, 2.24) is 10.3 Å². The SMILES string of the molecule is Cc1ccccc1CC(=O)NC(C)c1ccccn1. The van der Waals surface area contributed by atoms with Crippen molar-refractivity contribution in [1.29, 1.82) is 0 Å². The third-order valence-electron chi connectivity index (χ3n) is 3.12. The standard InChI is InChI=1S/C16H18N2O/c1-12-7-3-4-8-14(12)11-16(19)18-13(2)15-9-5-6-10-17-15/h3-10,13H,11H2,1-2H3,(H,18,19). The molecule has 0 aliphatic carbocycles. The van der Waals surface area contributed by atoms with Gasteiger partial charge in [-0.2, -0.15) is 0 Å². The predicted molar refractivity (Wildman–Crippen MR) is 75.7 cm³/mol. The summed E-state index contributed by atoms with van der Waals surface area (Å²) in [6, 6.07) is 13.6. The lowest BCUT2D eigenvalue weighted by Gasteiger charge is -2.13. The summed E-state index contributed by atoms with van der Waals surface area (Å²) >= 11 is 0. The van der Waals surface area contributed by atoms with Gasteiger partial charge in [0.05, 0.1) is 18.2 Å². The zero-order valence-electron chi connectivity index (χ0n) is 11.3. The number of carbonyl (C=O) groups is 1. The van der Waals surface area contributed by atoms with Gasteiger partial charge in [-0.05, 0) is 37.1 Å². The lowest BCUT2D eigenvalue weighted by atomic mass is 10.1. The Bertz CT molecular complexity index is 552. The second kappa shape index (κ2) is 6.14. The normalized spacial score (nSPS) is 11.9. The van der Waals surface area contributed by atoms with Crippen molar-refractivity contribution in [2.75, 3.05) is 0 Å². The van der Waals surface area contributed by atoms with Gasteiger partial charge in [0.1, 0.15) is 0 Å². The number of carbonyl (C=O) groups excluding carboxylic acids is 1. The van der Waals surface area contributed by atoms with E-state index in [4.69, 9.17) is 0 Å². The Balaban J connectivity index is 1.97. The average Bonchev–Trinajstić information content (AvgIpc) is 2.42. The van der Waals surface area contributed by atoms with Gasteiger partial charge >= 0.3 is 0 Å². The third kappa shape index (κ3) is 3.65. The summed E-state index contributed by atoms with van der Waals surface area (Å²) in [6.07, 6.45) is 2.14. The zero-order valence-corrected chi connectivity index (χ0v) is 11.3. The lowest BCUT2D eigenvalue weighted by Crippen LogP contribution is -2.28. The van der Waals surface area contributed by atoms with E-state index in [0.29, 0.717) is 6.42 Å². The van der Waals surface area contributed by atoms with E-state index in [0.717, 1.165) is 16.8 Å². The summed E-state index contributed by atoms with van der Waals surface area (Å²) in [5.74, 6) is 0.0208. The Morgan fingerprint density at radius 3 is 2.63 bits per heavy atom. The molecule has 98 valence electrons. The molecule has 3 nitrogen and oxygen atoms in total. The molecule has 1 atom stereocenters. The largest absolute Gasteiger partial charge is 0.348 e. The van der Waals surface area contributed by atoms with Crippen LogP contribution in [0.15, 0.2) is 48.7 Å². The van der Waals surface area contributed by atoms with Crippen molar-refractivity contribution in [3.8, 4) is 0 Å². The van der Waals surface area contributed by atoms with E-state index in [1.54, 1.807) is 6.20 Å². The first-order valence-electron chi connectivity index (χ1n) is 6.41. The van der Waals surface area contributed by atoms with Crippen molar-refractivity contribution in [3.05, 3.63) is 65.5 Å². The lowest BCUT2D eigenvalue weighted by molar-refractivity contribution is -0.121. The van der Waals surface area contributed by atoms with E-state index in [-0.39, 0.29) is 11.9 Å². The molecule has 1 N–H and O–H groups in total. The van der Waals surface area contributed by atoms with Crippen LogP contribution in [0.25, 0.3) is 0 Å². The number of hydrogen-bond donors (Lipinski definition) is 1. The van der Waals surface area contributed by atoms with Crippen LogP contribution in [0.5, 0.6) is 0 Å². The van der Waals surface area contributed by atoms with Crippen LogP contribution in [0.2, 0.25) is 0 Å². The van der Waals surface area contributed by atoms with E-state index in [1.165, 1.54) is 0 Å². The Morgan fingerprint density at radius 2 is 1.95 bits per heavy atom. The first-order valence-corrected chi connectivity index (χ1v) is 6.41. The number of amides is 1. The number of pyridine rings is 1. The molecule has 3 heteroatoms. The molecule has 0 fully saturated rings. The summed E-state index contributed by atoms with van der Waals surface area (Å²) in [6.45, 7) is 3.96. The highest BCUT2D eigenvalue weighted by Gasteiger charge is 2.11. The van der Waals surface area contributed by atoms with E-state index < -0.39 is 0 Å². The molecule has 2 rings (SSSR count). The molecular weight excluding hydrogens is 236 g/mol. The number of aromatic nitrogens is 1. The van der Waals surface area contributed by atoms with Crippen molar-refractivity contribution in [3.63, 3.8) is 0 Å².